The molecule has 0 aliphatic carbocycles. The monoisotopic (exact) mass is 398 g/mol. The molecule has 2 aromatic carbocycles. The summed E-state index contributed by atoms with van der Waals surface area (Å²) in [5.41, 5.74) is 2.13. The topological polar surface area (TPSA) is 57.7 Å². The summed E-state index contributed by atoms with van der Waals surface area (Å²) in [4.78, 5) is 15.2. The van der Waals surface area contributed by atoms with E-state index in [0.29, 0.717) is 25.1 Å². The summed E-state index contributed by atoms with van der Waals surface area (Å²) in [6, 6.07) is 14.6. The quantitative estimate of drug-likeness (QED) is 0.779. The van der Waals surface area contributed by atoms with Crippen molar-refractivity contribution in [2.75, 3.05) is 24.4 Å². The van der Waals surface area contributed by atoms with Gasteiger partial charge in [-0.2, -0.15) is 0 Å². The first-order valence-electron chi connectivity index (χ1n) is 9.76. The normalized spacial score (nSPS) is 22.9. The highest BCUT2D eigenvalue weighted by Crippen LogP contribution is 2.43. The van der Waals surface area contributed by atoms with E-state index in [1.165, 1.54) is 4.31 Å². The second-order valence-corrected chi connectivity index (χ2v) is 9.92. The number of sulfonamides is 1. The minimum absolute atomic E-state index is 0.142. The summed E-state index contributed by atoms with van der Waals surface area (Å²) < 4.78 is 28.4. The molecule has 1 spiro atoms. The molecule has 148 valence electrons. The van der Waals surface area contributed by atoms with Gasteiger partial charge in [0.1, 0.15) is 0 Å². The van der Waals surface area contributed by atoms with Gasteiger partial charge in [0.2, 0.25) is 5.91 Å². The standard InChI is InChI=1S/C22H26N2O3S/c1-17-8-10-19(11-9-17)28(26,27)24-15-13-22(12-5-14-23(2)21(22)25)16-18-6-3-4-7-20(18)24/h3-4,6-11H,5,12-16H2,1-2H3. The number of carbonyl (C=O) groups excluding carboxylic acids is 1. The molecule has 5 nitrogen and oxygen atoms in total. The third-order valence-electron chi connectivity index (χ3n) is 6.14. The summed E-state index contributed by atoms with van der Waals surface area (Å²) in [7, 11) is -1.85. The summed E-state index contributed by atoms with van der Waals surface area (Å²) >= 11 is 0. The second-order valence-electron chi connectivity index (χ2n) is 8.06. The van der Waals surface area contributed by atoms with Gasteiger partial charge in [-0.1, -0.05) is 35.9 Å². The molecule has 1 fully saturated rings. The molecule has 2 aliphatic rings. The van der Waals surface area contributed by atoms with Crippen LogP contribution in [0.5, 0.6) is 0 Å². The Morgan fingerprint density at radius 1 is 0.964 bits per heavy atom. The molecule has 1 saturated heterocycles. The minimum atomic E-state index is -3.69. The number of carbonyl (C=O) groups is 1. The molecule has 0 N–H and O–H groups in total. The zero-order valence-electron chi connectivity index (χ0n) is 16.4. The molecule has 0 bridgehead atoms. The van der Waals surface area contributed by atoms with Crippen LogP contribution in [0.25, 0.3) is 0 Å². The van der Waals surface area contributed by atoms with Crippen molar-refractivity contribution in [3.8, 4) is 0 Å². The van der Waals surface area contributed by atoms with Crippen LogP contribution in [0.15, 0.2) is 53.4 Å². The van der Waals surface area contributed by atoms with Gasteiger partial charge in [0.15, 0.2) is 0 Å². The van der Waals surface area contributed by atoms with E-state index in [2.05, 4.69) is 0 Å². The lowest BCUT2D eigenvalue weighted by Crippen LogP contribution is -2.48. The van der Waals surface area contributed by atoms with Gasteiger partial charge in [-0.3, -0.25) is 9.10 Å². The van der Waals surface area contributed by atoms with Gasteiger partial charge in [-0.05, 0) is 56.4 Å². The van der Waals surface area contributed by atoms with E-state index in [0.717, 1.165) is 30.5 Å². The number of hydrogen-bond donors (Lipinski definition) is 0. The van der Waals surface area contributed by atoms with Crippen molar-refractivity contribution in [1.82, 2.24) is 4.90 Å². The maximum absolute atomic E-state index is 13.5. The number of para-hydroxylation sites is 1. The first kappa shape index (κ1) is 19.0. The van der Waals surface area contributed by atoms with E-state index in [1.807, 2.05) is 50.4 Å². The second kappa shape index (κ2) is 6.92. The molecule has 1 unspecified atom stereocenters. The number of nitrogens with zero attached hydrogens (tertiary/aromatic N) is 2. The van der Waals surface area contributed by atoms with Gasteiger partial charge in [0.05, 0.1) is 16.0 Å². The molecular formula is C22H26N2O3S. The highest BCUT2D eigenvalue weighted by Gasteiger charge is 2.46. The van der Waals surface area contributed by atoms with Gasteiger partial charge in [-0.15, -0.1) is 0 Å². The summed E-state index contributed by atoms with van der Waals surface area (Å²) in [5, 5.41) is 0. The van der Waals surface area contributed by atoms with E-state index in [-0.39, 0.29) is 10.8 Å². The van der Waals surface area contributed by atoms with Crippen molar-refractivity contribution in [3.05, 3.63) is 59.7 Å². The Labute approximate surface area is 167 Å². The number of aryl methyl sites for hydroxylation is 1. The zero-order valence-corrected chi connectivity index (χ0v) is 17.2. The lowest BCUT2D eigenvalue weighted by Gasteiger charge is -2.39. The van der Waals surface area contributed by atoms with Crippen LogP contribution < -0.4 is 4.31 Å². The van der Waals surface area contributed by atoms with Gasteiger partial charge in [0.25, 0.3) is 10.0 Å². The Morgan fingerprint density at radius 3 is 2.43 bits per heavy atom. The first-order valence-corrected chi connectivity index (χ1v) is 11.2. The Kier molecular flexibility index (Phi) is 4.70. The van der Waals surface area contributed by atoms with Crippen LogP contribution in [-0.4, -0.2) is 39.4 Å². The van der Waals surface area contributed by atoms with Crippen molar-refractivity contribution >= 4 is 21.6 Å². The molecule has 2 aromatic rings. The summed E-state index contributed by atoms with van der Waals surface area (Å²) in [6.45, 7) is 3.02. The first-order chi connectivity index (χ1) is 13.3. The average molecular weight is 399 g/mol. The fourth-order valence-electron chi connectivity index (χ4n) is 4.54. The average Bonchev–Trinajstić information content (AvgIpc) is 2.84. The van der Waals surface area contributed by atoms with Crippen molar-refractivity contribution in [2.24, 2.45) is 5.41 Å². The van der Waals surface area contributed by atoms with Crippen LogP contribution in [0.2, 0.25) is 0 Å². The highest BCUT2D eigenvalue weighted by molar-refractivity contribution is 7.92. The Bertz CT molecular complexity index is 1000. The molecule has 2 heterocycles. The molecule has 0 saturated carbocycles. The van der Waals surface area contributed by atoms with Crippen molar-refractivity contribution in [2.45, 2.75) is 37.5 Å². The number of amides is 1. The maximum Gasteiger partial charge on any atom is 0.264 e. The predicted octanol–water partition coefficient (Wildman–Crippen LogP) is 3.38. The van der Waals surface area contributed by atoms with Crippen molar-refractivity contribution in [3.63, 3.8) is 0 Å². The van der Waals surface area contributed by atoms with Gasteiger partial charge in [0, 0.05) is 20.1 Å². The number of likely N-dealkylation sites (tertiary alicyclic amines) is 1. The Hall–Kier alpha value is -2.34. The number of anilines is 1. The molecule has 1 amide bonds. The fourth-order valence-corrected chi connectivity index (χ4v) is 6.05. The van der Waals surface area contributed by atoms with Crippen LogP contribution in [0.3, 0.4) is 0 Å². The summed E-state index contributed by atoms with van der Waals surface area (Å²) in [5.74, 6) is 0.142. The molecule has 0 radical (unpaired) electrons. The van der Waals surface area contributed by atoms with E-state index in [4.69, 9.17) is 0 Å². The predicted molar refractivity (Wildman–Crippen MR) is 110 cm³/mol. The van der Waals surface area contributed by atoms with Crippen LogP contribution in [0.1, 0.15) is 30.4 Å². The molecule has 28 heavy (non-hydrogen) atoms. The molecule has 2 aliphatic heterocycles. The maximum atomic E-state index is 13.5. The third-order valence-corrected chi connectivity index (χ3v) is 7.97. The highest BCUT2D eigenvalue weighted by atomic mass is 32.2. The lowest BCUT2D eigenvalue weighted by molar-refractivity contribution is -0.145. The lowest BCUT2D eigenvalue weighted by atomic mass is 9.72. The van der Waals surface area contributed by atoms with Crippen LogP contribution in [-0.2, 0) is 21.2 Å². The number of piperidine rings is 1. The van der Waals surface area contributed by atoms with Gasteiger partial charge >= 0.3 is 0 Å². The molecule has 0 aromatic heterocycles. The Morgan fingerprint density at radius 2 is 1.68 bits per heavy atom. The number of benzene rings is 2. The van der Waals surface area contributed by atoms with Crippen LogP contribution >= 0.6 is 0 Å². The number of hydrogen-bond acceptors (Lipinski definition) is 3. The smallest absolute Gasteiger partial charge is 0.264 e. The Balaban J connectivity index is 1.79. The molecule has 4 rings (SSSR count). The number of rotatable bonds is 2. The van der Waals surface area contributed by atoms with Crippen LogP contribution in [0, 0.1) is 12.3 Å². The van der Waals surface area contributed by atoms with Crippen molar-refractivity contribution < 1.29 is 13.2 Å². The fraction of sp³-hybridized carbons (Fsp3) is 0.409. The summed E-state index contributed by atoms with van der Waals surface area (Å²) in [6.07, 6.45) is 2.89. The van der Waals surface area contributed by atoms with Crippen LogP contribution in [0.4, 0.5) is 5.69 Å². The third kappa shape index (κ3) is 3.09. The number of fused-ring (bicyclic) bond motifs is 1. The SMILES string of the molecule is Cc1ccc(S(=O)(=O)N2CCC3(CCCN(C)C3=O)Cc3ccccc32)cc1. The van der Waals surface area contributed by atoms with E-state index in [9.17, 15) is 13.2 Å². The molecular weight excluding hydrogens is 372 g/mol. The minimum Gasteiger partial charge on any atom is -0.345 e. The van der Waals surface area contributed by atoms with E-state index >= 15 is 0 Å². The van der Waals surface area contributed by atoms with Crippen molar-refractivity contribution in [1.29, 1.82) is 0 Å². The van der Waals surface area contributed by atoms with Gasteiger partial charge in [-0.25, -0.2) is 8.42 Å². The largest absolute Gasteiger partial charge is 0.345 e. The van der Waals surface area contributed by atoms with E-state index in [1.54, 1.807) is 17.0 Å². The van der Waals surface area contributed by atoms with Gasteiger partial charge < -0.3 is 4.90 Å². The van der Waals surface area contributed by atoms with E-state index < -0.39 is 15.4 Å². The molecule has 1 atom stereocenters. The zero-order chi connectivity index (χ0) is 19.9. The molecule has 6 heteroatoms.